The topological polar surface area (TPSA) is 51.8 Å². The van der Waals surface area contributed by atoms with Crippen LogP contribution in [0.25, 0.3) is 120 Å². The first-order valence-electron chi connectivity index (χ1n) is 19.4. The minimum atomic E-state index is 0.684. The Bertz CT molecular complexity index is 3550. The van der Waals surface area contributed by atoms with Gasteiger partial charge in [-0.2, -0.15) is 0 Å². The first kappa shape index (κ1) is 32.7. The van der Waals surface area contributed by atoms with Gasteiger partial charge < -0.3 is 4.42 Å². The van der Waals surface area contributed by atoms with Crippen molar-refractivity contribution in [2.75, 3.05) is 0 Å². The number of nitrogens with zero attached hydrogens (tertiary/aromatic N) is 3. The predicted molar refractivity (Wildman–Crippen MR) is 242 cm³/mol. The fourth-order valence-corrected chi connectivity index (χ4v) is 9.77. The summed E-state index contributed by atoms with van der Waals surface area (Å²) in [4.78, 5) is 15.6. The lowest BCUT2D eigenvalue weighted by atomic mass is 9.92. The standard InChI is InChI=1S/C53H31N3OS/c1-3-13-34(14-4-1)51-42-30-40(52-50(39-19-9-12-22-48(39)58-52)49(42)38-18-7-10-20-43(38)54-51)32-23-25-33(26-24-32)44-31-45(56-53(55-44)35-15-5-2-6-16-35)36-27-28-47-41(29-36)37-17-8-11-21-46(37)57-47/h1-31H. The molecule has 0 aliphatic rings. The van der Waals surface area contributed by atoms with Gasteiger partial charge in [-0.3, -0.25) is 0 Å². The van der Waals surface area contributed by atoms with Crippen molar-refractivity contribution in [3.63, 3.8) is 0 Å². The number of hydrogen-bond donors (Lipinski definition) is 0. The fourth-order valence-electron chi connectivity index (χ4n) is 8.53. The highest BCUT2D eigenvalue weighted by Gasteiger charge is 2.21. The zero-order valence-electron chi connectivity index (χ0n) is 31.1. The van der Waals surface area contributed by atoms with Gasteiger partial charge >= 0.3 is 0 Å². The third-order valence-electron chi connectivity index (χ3n) is 11.3. The zero-order valence-corrected chi connectivity index (χ0v) is 31.9. The molecule has 12 aromatic rings. The van der Waals surface area contributed by atoms with Gasteiger partial charge in [-0.05, 0) is 54.1 Å². The summed E-state index contributed by atoms with van der Waals surface area (Å²) in [5, 5.41) is 8.28. The van der Waals surface area contributed by atoms with Gasteiger partial charge in [-0.1, -0.05) is 140 Å². The molecule has 0 bridgehead atoms. The normalized spacial score (nSPS) is 11.8. The molecule has 0 atom stereocenters. The molecule has 4 nitrogen and oxygen atoms in total. The molecule has 0 fully saturated rings. The molecule has 0 amide bonds. The van der Waals surface area contributed by atoms with E-state index in [2.05, 4.69) is 152 Å². The first-order chi connectivity index (χ1) is 28.7. The van der Waals surface area contributed by atoms with Crippen molar-refractivity contribution >= 4 is 75.1 Å². The number of benzene rings is 8. The Morgan fingerprint density at radius 2 is 1.00 bits per heavy atom. The second-order valence-corrected chi connectivity index (χ2v) is 15.8. The van der Waals surface area contributed by atoms with E-state index in [0.717, 1.165) is 77.7 Å². The second kappa shape index (κ2) is 13.1. The largest absolute Gasteiger partial charge is 0.456 e. The third-order valence-corrected chi connectivity index (χ3v) is 12.5. The molecule has 0 spiro atoms. The smallest absolute Gasteiger partial charge is 0.160 e. The van der Waals surface area contributed by atoms with Crippen LogP contribution in [0.4, 0.5) is 0 Å². The van der Waals surface area contributed by atoms with Crippen molar-refractivity contribution < 1.29 is 4.42 Å². The monoisotopic (exact) mass is 757 g/mol. The number of aromatic nitrogens is 3. The van der Waals surface area contributed by atoms with E-state index < -0.39 is 0 Å². The van der Waals surface area contributed by atoms with Crippen molar-refractivity contribution in [3.05, 3.63) is 188 Å². The Labute approximate surface area is 337 Å². The van der Waals surface area contributed by atoms with Gasteiger partial charge in [0.05, 0.1) is 22.6 Å². The number of thiophene rings is 1. The summed E-state index contributed by atoms with van der Waals surface area (Å²) in [5.74, 6) is 0.684. The van der Waals surface area contributed by atoms with Crippen LogP contribution in [0.2, 0.25) is 0 Å². The predicted octanol–water partition coefficient (Wildman–Crippen LogP) is 14.8. The molecule has 5 heteroatoms. The summed E-state index contributed by atoms with van der Waals surface area (Å²) in [5.41, 5.74) is 11.9. The molecule has 0 aliphatic carbocycles. The quantitative estimate of drug-likeness (QED) is 0.164. The van der Waals surface area contributed by atoms with Crippen LogP contribution in [-0.4, -0.2) is 15.0 Å². The van der Waals surface area contributed by atoms with Crippen molar-refractivity contribution in [1.82, 2.24) is 15.0 Å². The van der Waals surface area contributed by atoms with E-state index in [1.807, 2.05) is 47.7 Å². The Morgan fingerprint density at radius 1 is 0.379 bits per heavy atom. The Balaban J connectivity index is 1.05. The molecule has 4 heterocycles. The van der Waals surface area contributed by atoms with E-state index in [0.29, 0.717) is 5.82 Å². The molecule has 8 aromatic carbocycles. The molecule has 12 rings (SSSR count). The van der Waals surface area contributed by atoms with Gasteiger partial charge in [-0.25, -0.2) is 15.0 Å². The highest BCUT2D eigenvalue weighted by molar-refractivity contribution is 7.26. The van der Waals surface area contributed by atoms with E-state index in [4.69, 9.17) is 19.4 Å². The zero-order chi connectivity index (χ0) is 38.2. The van der Waals surface area contributed by atoms with E-state index >= 15 is 0 Å². The number of fused-ring (bicyclic) bond motifs is 10. The number of para-hydroxylation sites is 2. The highest BCUT2D eigenvalue weighted by atomic mass is 32.1. The molecule has 0 unspecified atom stereocenters. The highest BCUT2D eigenvalue weighted by Crippen LogP contribution is 2.48. The van der Waals surface area contributed by atoms with E-state index in [-0.39, 0.29) is 0 Å². The van der Waals surface area contributed by atoms with Crippen LogP contribution in [0.1, 0.15) is 0 Å². The van der Waals surface area contributed by atoms with Crippen molar-refractivity contribution in [2.24, 2.45) is 0 Å². The van der Waals surface area contributed by atoms with Gasteiger partial charge in [0.2, 0.25) is 0 Å². The summed E-state index contributed by atoms with van der Waals surface area (Å²) in [6.07, 6.45) is 0. The Kier molecular flexibility index (Phi) is 7.37. The lowest BCUT2D eigenvalue weighted by Crippen LogP contribution is -1.96. The summed E-state index contributed by atoms with van der Waals surface area (Å²) in [6, 6.07) is 66.0. The SMILES string of the molecule is c1ccc(-c2nc(-c3ccc(-c4cc5c(-c6ccccc6)nc6ccccc6c5c5c4sc4ccccc45)cc3)cc(-c3ccc4oc5ccccc5c4c3)n2)cc1. The van der Waals surface area contributed by atoms with Crippen LogP contribution < -0.4 is 0 Å². The van der Waals surface area contributed by atoms with Gasteiger partial charge in [0.25, 0.3) is 0 Å². The van der Waals surface area contributed by atoms with Crippen LogP contribution >= 0.6 is 11.3 Å². The van der Waals surface area contributed by atoms with Crippen molar-refractivity contribution in [1.29, 1.82) is 0 Å². The molecule has 0 radical (unpaired) electrons. The first-order valence-corrected chi connectivity index (χ1v) is 20.2. The van der Waals surface area contributed by atoms with Crippen LogP contribution in [0.5, 0.6) is 0 Å². The van der Waals surface area contributed by atoms with Crippen molar-refractivity contribution in [3.8, 4) is 56.3 Å². The van der Waals surface area contributed by atoms with Crippen LogP contribution in [0.15, 0.2) is 192 Å². The van der Waals surface area contributed by atoms with Crippen LogP contribution in [0, 0.1) is 0 Å². The van der Waals surface area contributed by atoms with Crippen molar-refractivity contribution in [2.45, 2.75) is 0 Å². The van der Waals surface area contributed by atoms with E-state index in [9.17, 15) is 0 Å². The molecule has 0 N–H and O–H groups in total. The minimum Gasteiger partial charge on any atom is -0.456 e. The summed E-state index contributed by atoms with van der Waals surface area (Å²) >= 11 is 1.86. The Hall–Kier alpha value is -7.47. The maximum Gasteiger partial charge on any atom is 0.160 e. The molecule has 0 aliphatic heterocycles. The number of hydrogen-bond acceptors (Lipinski definition) is 5. The maximum atomic E-state index is 6.16. The number of rotatable bonds is 5. The average Bonchev–Trinajstić information content (AvgIpc) is 3.88. The fraction of sp³-hybridized carbons (Fsp3) is 0. The molecule has 4 aromatic heterocycles. The second-order valence-electron chi connectivity index (χ2n) is 14.7. The Morgan fingerprint density at radius 3 is 1.81 bits per heavy atom. The average molecular weight is 758 g/mol. The van der Waals surface area contributed by atoms with E-state index in [1.54, 1.807) is 0 Å². The molecular formula is C53H31N3OS. The van der Waals surface area contributed by atoms with E-state index in [1.165, 1.54) is 36.5 Å². The molecule has 0 saturated heterocycles. The van der Waals surface area contributed by atoms with Crippen LogP contribution in [-0.2, 0) is 0 Å². The summed E-state index contributed by atoms with van der Waals surface area (Å²) in [7, 11) is 0. The summed E-state index contributed by atoms with van der Waals surface area (Å²) in [6.45, 7) is 0. The summed E-state index contributed by atoms with van der Waals surface area (Å²) < 4.78 is 8.70. The minimum absolute atomic E-state index is 0.684. The maximum absolute atomic E-state index is 6.16. The lowest BCUT2D eigenvalue weighted by molar-refractivity contribution is 0.669. The molecule has 270 valence electrons. The van der Waals surface area contributed by atoms with Gasteiger partial charge in [0.15, 0.2) is 5.82 Å². The van der Waals surface area contributed by atoms with Gasteiger partial charge in [0.1, 0.15) is 11.2 Å². The lowest BCUT2D eigenvalue weighted by Gasteiger charge is -2.15. The molecule has 58 heavy (non-hydrogen) atoms. The number of furan rings is 1. The van der Waals surface area contributed by atoms with Gasteiger partial charge in [0, 0.05) is 74.9 Å². The van der Waals surface area contributed by atoms with Gasteiger partial charge in [-0.15, -0.1) is 11.3 Å². The molecule has 0 saturated carbocycles. The van der Waals surface area contributed by atoms with Crippen LogP contribution in [0.3, 0.4) is 0 Å². The number of pyridine rings is 1. The molecular weight excluding hydrogens is 727 g/mol. The third kappa shape index (κ3) is 5.25.